The van der Waals surface area contributed by atoms with E-state index in [2.05, 4.69) is 21.1 Å². The van der Waals surface area contributed by atoms with E-state index in [1.165, 1.54) is 6.07 Å². The Bertz CT molecular complexity index is 1300. The predicted molar refractivity (Wildman–Crippen MR) is 124 cm³/mol. The highest BCUT2D eigenvalue weighted by Gasteiger charge is 2.46. The fourth-order valence-electron chi connectivity index (χ4n) is 5.35. The van der Waals surface area contributed by atoms with Gasteiger partial charge in [0.15, 0.2) is 0 Å². The zero-order chi connectivity index (χ0) is 22.7. The summed E-state index contributed by atoms with van der Waals surface area (Å²) < 4.78 is 20.4. The van der Waals surface area contributed by atoms with Gasteiger partial charge in [0.05, 0.1) is 11.9 Å². The van der Waals surface area contributed by atoms with Gasteiger partial charge < -0.3 is 20.7 Å². The van der Waals surface area contributed by atoms with Crippen LogP contribution >= 0.6 is 0 Å². The second-order valence-electron chi connectivity index (χ2n) is 8.91. The molecule has 0 bridgehead atoms. The quantitative estimate of drug-likeness (QED) is 0.469. The summed E-state index contributed by atoms with van der Waals surface area (Å²) in [5.74, 6) is 4.50. The molecule has 3 N–H and O–H groups in total. The highest BCUT2D eigenvalue weighted by molar-refractivity contribution is 5.88. The smallest absolute Gasteiger partial charge is 0.324 e. The van der Waals surface area contributed by atoms with Crippen LogP contribution in [0.1, 0.15) is 23.4 Å². The van der Waals surface area contributed by atoms with E-state index in [4.69, 9.17) is 26.9 Å². The number of halogens is 1. The zero-order valence-corrected chi connectivity index (χ0v) is 18.2. The Labute approximate surface area is 191 Å². The van der Waals surface area contributed by atoms with Crippen LogP contribution in [0.3, 0.4) is 0 Å². The normalized spacial score (nSPS) is 22.1. The molecule has 0 spiro atoms. The number of terminal acetylenes is 1. The van der Waals surface area contributed by atoms with Gasteiger partial charge in [0, 0.05) is 43.9 Å². The minimum Gasteiger partial charge on any atom is -0.423 e. The molecular weight excluding hydrogens is 419 g/mol. The minimum absolute atomic E-state index is 0.229. The SMILES string of the molecule is C#Cc1ccc(Oc2nc3c(c(N4CC5C[C@@H](N)C5C4)n2)-c2cc(F)cc(NC)c2C3)cn1. The van der Waals surface area contributed by atoms with Gasteiger partial charge in [-0.05, 0) is 53.6 Å². The lowest BCUT2D eigenvalue weighted by Gasteiger charge is -2.36. The molecular formula is C25H23FN6O. The molecule has 8 heteroatoms. The summed E-state index contributed by atoms with van der Waals surface area (Å²) in [5.41, 5.74) is 11.1. The summed E-state index contributed by atoms with van der Waals surface area (Å²) in [7, 11) is 1.80. The zero-order valence-electron chi connectivity index (χ0n) is 18.2. The number of ether oxygens (including phenoxy) is 1. The summed E-state index contributed by atoms with van der Waals surface area (Å²) in [5, 5.41) is 3.11. The first-order chi connectivity index (χ1) is 16.0. The highest BCUT2D eigenvalue weighted by Crippen LogP contribution is 2.48. The number of hydrogen-bond acceptors (Lipinski definition) is 7. The Kier molecular flexibility index (Phi) is 4.49. The van der Waals surface area contributed by atoms with Crippen molar-refractivity contribution >= 4 is 11.5 Å². The number of aromatic nitrogens is 3. The van der Waals surface area contributed by atoms with Crippen LogP contribution in [-0.2, 0) is 6.42 Å². The van der Waals surface area contributed by atoms with E-state index in [1.54, 1.807) is 31.4 Å². The molecule has 1 saturated heterocycles. The van der Waals surface area contributed by atoms with Crippen LogP contribution in [0.2, 0.25) is 0 Å². The van der Waals surface area contributed by atoms with Crippen molar-refractivity contribution in [3.63, 3.8) is 0 Å². The number of pyridine rings is 1. The minimum atomic E-state index is -0.291. The van der Waals surface area contributed by atoms with E-state index in [0.29, 0.717) is 29.7 Å². The maximum absolute atomic E-state index is 14.5. The second-order valence-corrected chi connectivity index (χ2v) is 8.91. The third-order valence-corrected chi connectivity index (χ3v) is 7.05. The van der Waals surface area contributed by atoms with E-state index in [1.807, 2.05) is 0 Å². The van der Waals surface area contributed by atoms with Crippen molar-refractivity contribution in [1.82, 2.24) is 15.0 Å². The number of nitrogens with two attached hydrogens (primary N) is 1. The molecule has 0 amide bonds. The molecule has 7 nitrogen and oxygen atoms in total. The van der Waals surface area contributed by atoms with Crippen LogP contribution in [0, 0.1) is 30.0 Å². The molecule has 3 aliphatic rings. The van der Waals surface area contributed by atoms with Crippen LogP contribution in [-0.4, -0.2) is 41.1 Å². The topological polar surface area (TPSA) is 89.2 Å². The van der Waals surface area contributed by atoms with Gasteiger partial charge in [0.25, 0.3) is 0 Å². The number of rotatable bonds is 4. The molecule has 3 heterocycles. The number of hydrogen-bond donors (Lipinski definition) is 2. The largest absolute Gasteiger partial charge is 0.423 e. The molecule has 2 aromatic heterocycles. The summed E-state index contributed by atoms with van der Waals surface area (Å²) in [6.45, 7) is 1.71. The molecule has 3 atom stereocenters. The first-order valence-corrected chi connectivity index (χ1v) is 11.1. The Morgan fingerprint density at radius 2 is 2.15 bits per heavy atom. The van der Waals surface area contributed by atoms with Crippen molar-refractivity contribution in [2.45, 2.75) is 18.9 Å². The van der Waals surface area contributed by atoms with Crippen molar-refractivity contribution in [2.75, 3.05) is 30.4 Å². The van der Waals surface area contributed by atoms with Gasteiger partial charge in [-0.25, -0.2) is 9.37 Å². The second kappa shape index (κ2) is 7.42. The van der Waals surface area contributed by atoms with Crippen LogP contribution < -0.4 is 20.7 Å². The van der Waals surface area contributed by atoms with Gasteiger partial charge in [-0.1, -0.05) is 5.92 Å². The van der Waals surface area contributed by atoms with Crippen LogP contribution in [0.15, 0.2) is 30.5 Å². The highest BCUT2D eigenvalue weighted by atomic mass is 19.1. The lowest BCUT2D eigenvalue weighted by atomic mass is 9.72. The summed E-state index contributed by atoms with van der Waals surface area (Å²) in [6, 6.07) is 7.02. The molecule has 33 heavy (non-hydrogen) atoms. The molecule has 166 valence electrons. The first-order valence-electron chi connectivity index (χ1n) is 11.1. The molecule has 1 aliphatic heterocycles. The Balaban J connectivity index is 1.44. The number of nitrogens with zero attached hydrogens (tertiary/aromatic N) is 4. The molecule has 2 aliphatic carbocycles. The molecule has 6 rings (SSSR count). The molecule has 3 aromatic rings. The molecule has 1 aromatic carbocycles. The number of anilines is 2. The predicted octanol–water partition coefficient (Wildman–Crippen LogP) is 3.18. The lowest BCUT2D eigenvalue weighted by Crippen LogP contribution is -2.46. The first kappa shape index (κ1) is 19.9. The summed E-state index contributed by atoms with van der Waals surface area (Å²) in [4.78, 5) is 16.0. The van der Waals surface area contributed by atoms with E-state index >= 15 is 0 Å². The number of benzene rings is 1. The average molecular weight is 442 g/mol. The van der Waals surface area contributed by atoms with Crippen molar-refractivity contribution < 1.29 is 9.13 Å². The van der Waals surface area contributed by atoms with E-state index in [0.717, 1.165) is 53.4 Å². The maximum Gasteiger partial charge on any atom is 0.324 e. The van der Waals surface area contributed by atoms with Gasteiger partial charge in [-0.15, -0.1) is 6.42 Å². The van der Waals surface area contributed by atoms with Gasteiger partial charge in [0.2, 0.25) is 0 Å². The number of nitrogens with one attached hydrogen (secondary N) is 1. The van der Waals surface area contributed by atoms with Gasteiger partial charge in [-0.3, -0.25) is 0 Å². The van der Waals surface area contributed by atoms with Gasteiger partial charge >= 0.3 is 6.01 Å². The molecule has 1 saturated carbocycles. The van der Waals surface area contributed by atoms with Crippen molar-refractivity contribution in [2.24, 2.45) is 17.6 Å². The summed E-state index contributed by atoms with van der Waals surface area (Å²) >= 11 is 0. The summed E-state index contributed by atoms with van der Waals surface area (Å²) in [6.07, 6.45) is 8.55. The van der Waals surface area contributed by atoms with Gasteiger partial charge in [-0.2, -0.15) is 9.97 Å². The molecule has 2 fully saturated rings. The maximum atomic E-state index is 14.5. The van der Waals surface area contributed by atoms with Crippen LogP contribution in [0.4, 0.5) is 15.9 Å². The Morgan fingerprint density at radius 1 is 1.27 bits per heavy atom. The monoisotopic (exact) mass is 442 g/mol. The van der Waals surface area contributed by atoms with Crippen molar-refractivity contribution in [1.29, 1.82) is 0 Å². The fourth-order valence-corrected chi connectivity index (χ4v) is 5.35. The third kappa shape index (κ3) is 3.19. The van der Waals surface area contributed by atoms with Crippen LogP contribution in [0.5, 0.6) is 11.8 Å². The number of fused-ring (bicyclic) bond motifs is 4. The van der Waals surface area contributed by atoms with Gasteiger partial charge in [0.1, 0.15) is 23.1 Å². The van der Waals surface area contributed by atoms with Crippen molar-refractivity contribution in [3.05, 3.63) is 53.2 Å². The van der Waals surface area contributed by atoms with E-state index in [9.17, 15) is 4.39 Å². The Hall–Kier alpha value is -3.70. The third-order valence-electron chi connectivity index (χ3n) is 7.05. The molecule has 0 radical (unpaired) electrons. The lowest BCUT2D eigenvalue weighted by molar-refractivity contribution is 0.194. The molecule has 2 unspecified atom stereocenters. The van der Waals surface area contributed by atoms with Crippen LogP contribution in [0.25, 0.3) is 11.1 Å². The Morgan fingerprint density at radius 3 is 2.85 bits per heavy atom. The van der Waals surface area contributed by atoms with E-state index in [-0.39, 0.29) is 17.9 Å². The van der Waals surface area contributed by atoms with E-state index < -0.39 is 0 Å². The fraction of sp³-hybridized carbons (Fsp3) is 0.320. The standard InChI is InChI=1S/C25H23FN6O/c1-3-15-4-5-16(10-29-15)33-25-30-22-9-17-18(7-14(26)8-21(17)28-2)23(22)24(31-25)32-11-13-6-20(27)19(13)12-32/h1,4-5,7-8,10,13,19-20,28H,6,9,11-12,27H2,2H3/t13?,19?,20-/m1/s1. The average Bonchev–Trinajstić information content (AvgIpc) is 3.36. The van der Waals surface area contributed by atoms with Crippen molar-refractivity contribution in [3.8, 4) is 35.2 Å².